The molecule has 0 atom stereocenters. The molecule has 0 saturated carbocycles. The van der Waals surface area contributed by atoms with Crippen LogP contribution in [-0.2, 0) is 6.54 Å². The van der Waals surface area contributed by atoms with E-state index in [1.54, 1.807) is 6.07 Å². The smallest absolute Gasteiger partial charge is 0.0422 e. The van der Waals surface area contributed by atoms with E-state index >= 15 is 0 Å². The predicted octanol–water partition coefficient (Wildman–Crippen LogP) is 2.35. The molecule has 94 valence electrons. The Labute approximate surface area is 107 Å². The molecule has 0 unspecified atom stereocenters. The van der Waals surface area contributed by atoms with Gasteiger partial charge in [-0.25, -0.2) is 0 Å². The second-order valence-electron chi connectivity index (χ2n) is 4.33. The van der Waals surface area contributed by atoms with Crippen LogP contribution in [-0.4, -0.2) is 0 Å². The highest BCUT2D eigenvalue weighted by molar-refractivity contribution is 5.64. The number of hydrogen-bond donors (Lipinski definition) is 4. The summed E-state index contributed by atoms with van der Waals surface area (Å²) in [6.07, 6.45) is 0. The maximum absolute atomic E-state index is 5.90. The first kappa shape index (κ1) is 12.1. The van der Waals surface area contributed by atoms with Crippen molar-refractivity contribution in [1.29, 1.82) is 0 Å². The van der Waals surface area contributed by atoms with Crippen molar-refractivity contribution in [1.82, 2.24) is 0 Å². The van der Waals surface area contributed by atoms with Gasteiger partial charge in [0.1, 0.15) is 0 Å². The molecule has 0 aliphatic heterocycles. The topological polar surface area (TPSA) is 90.1 Å². The van der Waals surface area contributed by atoms with Gasteiger partial charge in [0.15, 0.2) is 0 Å². The van der Waals surface area contributed by atoms with Crippen molar-refractivity contribution >= 4 is 22.7 Å². The second-order valence-corrected chi connectivity index (χ2v) is 4.33. The summed E-state index contributed by atoms with van der Waals surface area (Å²) in [6.45, 7) is 2.61. The Hall–Kier alpha value is -2.36. The molecule has 0 aliphatic rings. The minimum absolute atomic E-state index is 0.626. The van der Waals surface area contributed by atoms with E-state index in [4.69, 9.17) is 17.2 Å². The highest BCUT2D eigenvalue weighted by atomic mass is 14.9. The van der Waals surface area contributed by atoms with Gasteiger partial charge in [-0.05, 0) is 48.4 Å². The Bertz CT molecular complexity index is 562. The summed E-state index contributed by atoms with van der Waals surface area (Å²) in [7, 11) is 0. The van der Waals surface area contributed by atoms with E-state index in [0.29, 0.717) is 12.2 Å². The number of nitrogens with one attached hydrogen (secondary N) is 1. The minimum atomic E-state index is 0.626. The first-order chi connectivity index (χ1) is 8.58. The molecule has 0 amide bonds. The lowest BCUT2D eigenvalue weighted by Crippen LogP contribution is -2.05. The summed E-state index contributed by atoms with van der Waals surface area (Å²) in [5.74, 6) is 0. The van der Waals surface area contributed by atoms with Crippen molar-refractivity contribution in [3.8, 4) is 0 Å². The second kappa shape index (κ2) is 4.87. The van der Waals surface area contributed by atoms with Gasteiger partial charge in [0, 0.05) is 29.3 Å². The van der Waals surface area contributed by atoms with Crippen LogP contribution in [0.2, 0.25) is 0 Å². The van der Waals surface area contributed by atoms with Gasteiger partial charge in [0.25, 0.3) is 0 Å². The highest BCUT2D eigenvalue weighted by Gasteiger charge is 2.03. The Morgan fingerprint density at radius 2 is 1.78 bits per heavy atom. The van der Waals surface area contributed by atoms with Crippen molar-refractivity contribution in [3.63, 3.8) is 0 Å². The molecule has 2 aromatic rings. The fraction of sp³-hybridized carbons (Fsp3) is 0.143. The Morgan fingerprint density at radius 3 is 2.56 bits per heavy atom. The molecule has 0 fully saturated rings. The number of rotatable bonds is 3. The van der Waals surface area contributed by atoms with Crippen molar-refractivity contribution in [2.24, 2.45) is 0 Å². The van der Waals surface area contributed by atoms with Gasteiger partial charge in [-0.3, -0.25) is 0 Å². The molecule has 0 aliphatic carbocycles. The summed E-state index contributed by atoms with van der Waals surface area (Å²) in [4.78, 5) is 0. The molecule has 0 bridgehead atoms. The lowest BCUT2D eigenvalue weighted by Gasteiger charge is -2.13. The monoisotopic (exact) mass is 242 g/mol. The molecule has 0 aromatic heterocycles. The van der Waals surface area contributed by atoms with Crippen molar-refractivity contribution in [3.05, 3.63) is 47.5 Å². The summed E-state index contributed by atoms with van der Waals surface area (Å²) < 4.78 is 0. The van der Waals surface area contributed by atoms with Crippen LogP contribution in [0.1, 0.15) is 11.1 Å². The van der Waals surface area contributed by atoms with Crippen LogP contribution in [0.3, 0.4) is 0 Å². The van der Waals surface area contributed by atoms with E-state index in [9.17, 15) is 0 Å². The van der Waals surface area contributed by atoms with Gasteiger partial charge in [0.2, 0.25) is 0 Å². The van der Waals surface area contributed by atoms with E-state index < -0.39 is 0 Å². The number of anilines is 4. The predicted molar refractivity (Wildman–Crippen MR) is 78.2 cm³/mol. The first-order valence-electron chi connectivity index (χ1n) is 5.81. The zero-order chi connectivity index (χ0) is 13.1. The van der Waals surface area contributed by atoms with Gasteiger partial charge >= 0.3 is 0 Å². The SMILES string of the molecule is Cc1c(N)cccc1NCc1cc(N)ccc1N. The lowest BCUT2D eigenvalue weighted by atomic mass is 10.1. The molecule has 0 spiro atoms. The maximum Gasteiger partial charge on any atom is 0.0422 e. The Kier molecular flexibility index (Phi) is 3.28. The van der Waals surface area contributed by atoms with Crippen molar-refractivity contribution in [2.75, 3.05) is 22.5 Å². The normalized spacial score (nSPS) is 10.3. The Morgan fingerprint density at radius 1 is 1.00 bits per heavy atom. The van der Waals surface area contributed by atoms with E-state index in [1.807, 2.05) is 37.3 Å². The third-order valence-electron chi connectivity index (χ3n) is 3.01. The van der Waals surface area contributed by atoms with E-state index in [1.165, 1.54) is 0 Å². The van der Waals surface area contributed by atoms with E-state index in [2.05, 4.69) is 5.32 Å². The first-order valence-corrected chi connectivity index (χ1v) is 5.81. The maximum atomic E-state index is 5.90. The lowest BCUT2D eigenvalue weighted by molar-refractivity contribution is 1.15. The van der Waals surface area contributed by atoms with Crippen LogP contribution in [0.5, 0.6) is 0 Å². The van der Waals surface area contributed by atoms with Gasteiger partial charge in [-0.1, -0.05) is 6.07 Å². The van der Waals surface area contributed by atoms with Gasteiger partial charge in [0.05, 0.1) is 0 Å². The van der Waals surface area contributed by atoms with Crippen LogP contribution in [0.15, 0.2) is 36.4 Å². The zero-order valence-electron chi connectivity index (χ0n) is 10.4. The third-order valence-corrected chi connectivity index (χ3v) is 3.01. The number of nitrogen functional groups attached to an aromatic ring is 3. The van der Waals surface area contributed by atoms with Gasteiger partial charge < -0.3 is 22.5 Å². The highest BCUT2D eigenvalue weighted by Crippen LogP contribution is 2.22. The third kappa shape index (κ3) is 2.48. The molecule has 4 heteroatoms. The average molecular weight is 242 g/mol. The van der Waals surface area contributed by atoms with Gasteiger partial charge in [-0.15, -0.1) is 0 Å². The van der Waals surface area contributed by atoms with Crippen molar-refractivity contribution < 1.29 is 0 Å². The molecule has 2 aromatic carbocycles. The summed E-state index contributed by atoms with van der Waals surface area (Å²) in [6, 6.07) is 11.3. The molecule has 0 heterocycles. The van der Waals surface area contributed by atoms with E-state index in [0.717, 1.165) is 28.2 Å². The summed E-state index contributed by atoms with van der Waals surface area (Å²) in [5, 5.41) is 3.32. The molecule has 0 saturated heterocycles. The van der Waals surface area contributed by atoms with Crippen molar-refractivity contribution in [2.45, 2.75) is 13.5 Å². The van der Waals surface area contributed by atoms with E-state index in [-0.39, 0.29) is 0 Å². The van der Waals surface area contributed by atoms with Crippen LogP contribution >= 0.6 is 0 Å². The summed E-state index contributed by atoms with van der Waals surface area (Å²) >= 11 is 0. The number of benzene rings is 2. The standard InChI is InChI=1S/C14H18N4/c1-9-12(16)3-2-4-14(9)18-8-10-7-11(15)5-6-13(10)17/h2-7,18H,8,15-17H2,1H3. The minimum Gasteiger partial charge on any atom is -0.399 e. The van der Waals surface area contributed by atoms with Crippen LogP contribution in [0.4, 0.5) is 22.7 Å². The zero-order valence-corrected chi connectivity index (χ0v) is 10.4. The van der Waals surface area contributed by atoms with Gasteiger partial charge in [-0.2, -0.15) is 0 Å². The average Bonchev–Trinajstić information content (AvgIpc) is 2.35. The molecule has 0 radical (unpaired) electrons. The number of hydrogen-bond acceptors (Lipinski definition) is 4. The number of nitrogens with two attached hydrogens (primary N) is 3. The molecule has 2 rings (SSSR count). The Balaban J connectivity index is 2.16. The molecule has 4 nitrogen and oxygen atoms in total. The fourth-order valence-electron chi connectivity index (χ4n) is 1.81. The summed E-state index contributed by atoms with van der Waals surface area (Å²) in [5.41, 5.74) is 22.8. The van der Waals surface area contributed by atoms with Crippen LogP contribution < -0.4 is 22.5 Å². The molecule has 18 heavy (non-hydrogen) atoms. The van der Waals surface area contributed by atoms with Crippen LogP contribution in [0, 0.1) is 6.92 Å². The molecular weight excluding hydrogens is 224 g/mol. The quantitative estimate of drug-likeness (QED) is 0.622. The van der Waals surface area contributed by atoms with Crippen LogP contribution in [0.25, 0.3) is 0 Å². The molecule has 7 N–H and O–H groups in total. The largest absolute Gasteiger partial charge is 0.399 e. The fourth-order valence-corrected chi connectivity index (χ4v) is 1.81. The molecular formula is C14H18N4.